The van der Waals surface area contributed by atoms with Crippen LogP contribution in [-0.2, 0) is 0 Å². The number of halogens is 1. The monoisotopic (exact) mass is 267 g/mol. The van der Waals surface area contributed by atoms with Gasteiger partial charge in [-0.3, -0.25) is 0 Å². The number of benzene rings is 1. The van der Waals surface area contributed by atoms with Gasteiger partial charge in [0.25, 0.3) is 0 Å². The first-order valence-corrected chi connectivity index (χ1v) is 7.17. The maximum Gasteiger partial charge on any atom is 0.0914 e. The van der Waals surface area contributed by atoms with Crippen molar-refractivity contribution in [3.8, 4) is 0 Å². The van der Waals surface area contributed by atoms with Gasteiger partial charge in [0.1, 0.15) is 0 Å². The highest BCUT2D eigenvalue weighted by Gasteiger charge is 2.20. The van der Waals surface area contributed by atoms with Crippen molar-refractivity contribution in [3.63, 3.8) is 0 Å². The van der Waals surface area contributed by atoms with Crippen LogP contribution in [0.2, 0.25) is 5.02 Å². The lowest BCUT2D eigenvalue weighted by Crippen LogP contribution is -2.26. The first-order valence-electron chi connectivity index (χ1n) is 6.79. The first-order chi connectivity index (χ1) is 8.65. The molecule has 1 fully saturated rings. The summed E-state index contributed by atoms with van der Waals surface area (Å²) < 4.78 is 0. The highest BCUT2D eigenvalue weighted by Crippen LogP contribution is 2.29. The second-order valence-electron chi connectivity index (χ2n) is 5.51. The molecule has 3 heteroatoms. The summed E-state index contributed by atoms with van der Waals surface area (Å²) in [6.45, 7) is 3.96. The Kier molecular flexibility index (Phi) is 5.04. The number of aliphatic hydroxyl groups is 1. The molecule has 2 N–H and O–H groups in total. The van der Waals surface area contributed by atoms with E-state index in [1.165, 1.54) is 19.3 Å². The fourth-order valence-electron chi connectivity index (χ4n) is 2.74. The van der Waals surface area contributed by atoms with Crippen LogP contribution in [0.3, 0.4) is 0 Å². The third-order valence-corrected chi connectivity index (χ3v) is 4.08. The number of hydrogen-bond acceptors (Lipinski definition) is 2. The minimum absolute atomic E-state index is 0.443. The van der Waals surface area contributed by atoms with Gasteiger partial charge in [-0.05, 0) is 48.9 Å². The Morgan fingerprint density at radius 3 is 2.67 bits per heavy atom. The van der Waals surface area contributed by atoms with Gasteiger partial charge in [-0.15, -0.1) is 0 Å². The van der Waals surface area contributed by atoms with Gasteiger partial charge in [0, 0.05) is 11.6 Å². The summed E-state index contributed by atoms with van der Waals surface area (Å²) in [5.74, 6) is 1.66. The second kappa shape index (κ2) is 6.55. The van der Waals surface area contributed by atoms with E-state index in [0.29, 0.717) is 11.6 Å². The van der Waals surface area contributed by atoms with Crippen molar-refractivity contribution in [2.24, 2.45) is 11.8 Å². The molecule has 2 nitrogen and oxygen atoms in total. The van der Waals surface area contributed by atoms with Crippen LogP contribution < -0.4 is 5.32 Å². The van der Waals surface area contributed by atoms with E-state index < -0.39 is 6.10 Å². The standard InChI is InChI=1S/C15H22ClNO/c1-11-2-3-12(8-11)9-17-10-15(18)13-4-6-14(16)7-5-13/h4-7,11-12,15,17-18H,2-3,8-10H2,1H3. The molecule has 0 amide bonds. The van der Waals surface area contributed by atoms with E-state index in [-0.39, 0.29) is 0 Å². The molecule has 3 unspecified atom stereocenters. The Morgan fingerprint density at radius 2 is 2.06 bits per heavy atom. The maximum atomic E-state index is 10.0. The summed E-state index contributed by atoms with van der Waals surface area (Å²) in [5, 5.41) is 14.1. The molecule has 0 aliphatic heterocycles. The number of hydrogen-bond donors (Lipinski definition) is 2. The van der Waals surface area contributed by atoms with E-state index in [1.54, 1.807) is 0 Å². The molecule has 0 aromatic heterocycles. The molecule has 100 valence electrons. The summed E-state index contributed by atoms with van der Waals surface area (Å²) in [5.41, 5.74) is 0.923. The lowest BCUT2D eigenvalue weighted by atomic mass is 10.1. The molecular weight excluding hydrogens is 246 g/mol. The van der Waals surface area contributed by atoms with Crippen LogP contribution in [0.25, 0.3) is 0 Å². The molecule has 1 aromatic carbocycles. The van der Waals surface area contributed by atoms with Crippen LogP contribution in [0.15, 0.2) is 24.3 Å². The van der Waals surface area contributed by atoms with E-state index in [9.17, 15) is 5.11 Å². The van der Waals surface area contributed by atoms with Gasteiger partial charge in [0.15, 0.2) is 0 Å². The number of nitrogens with one attached hydrogen (secondary N) is 1. The molecule has 3 atom stereocenters. The Labute approximate surface area is 114 Å². The fourth-order valence-corrected chi connectivity index (χ4v) is 2.86. The van der Waals surface area contributed by atoms with E-state index in [0.717, 1.165) is 23.9 Å². The molecule has 0 bridgehead atoms. The average Bonchev–Trinajstić information content (AvgIpc) is 2.76. The minimum atomic E-state index is -0.443. The fraction of sp³-hybridized carbons (Fsp3) is 0.600. The van der Waals surface area contributed by atoms with Crippen molar-refractivity contribution >= 4 is 11.6 Å². The lowest BCUT2D eigenvalue weighted by molar-refractivity contribution is 0.172. The average molecular weight is 268 g/mol. The first kappa shape index (κ1) is 13.9. The Morgan fingerprint density at radius 1 is 1.33 bits per heavy atom. The zero-order valence-electron chi connectivity index (χ0n) is 10.9. The third kappa shape index (κ3) is 3.98. The predicted molar refractivity (Wildman–Crippen MR) is 75.8 cm³/mol. The van der Waals surface area contributed by atoms with Crippen molar-refractivity contribution in [3.05, 3.63) is 34.9 Å². The van der Waals surface area contributed by atoms with E-state index in [2.05, 4.69) is 12.2 Å². The number of rotatable bonds is 5. The number of aliphatic hydroxyl groups excluding tert-OH is 1. The van der Waals surface area contributed by atoms with E-state index >= 15 is 0 Å². The maximum absolute atomic E-state index is 10.0. The molecule has 1 aliphatic carbocycles. The van der Waals surface area contributed by atoms with Gasteiger partial charge >= 0.3 is 0 Å². The van der Waals surface area contributed by atoms with Gasteiger partial charge in [0.2, 0.25) is 0 Å². The van der Waals surface area contributed by atoms with Crippen LogP contribution in [-0.4, -0.2) is 18.2 Å². The molecule has 0 radical (unpaired) electrons. The Hall–Kier alpha value is -0.570. The summed E-state index contributed by atoms with van der Waals surface area (Å²) in [7, 11) is 0. The van der Waals surface area contributed by atoms with Crippen molar-refractivity contribution in [1.29, 1.82) is 0 Å². The minimum Gasteiger partial charge on any atom is -0.387 e. The summed E-state index contributed by atoms with van der Waals surface area (Å²) in [4.78, 5) is 0. The second-order valence-corrected chi connectivity index (χ2v) is 5.95. The van der Waals surface area contributed by atoms with E-state index in [4.69, 9.17) is 11.6 Å². The van der Waals surface area contributed by atoms with Crippen LogP contribution in [0.5, 0.6) is 0 Å². The summed E-state index contributed by atoms with van der Waals surface area (Å²) >= 11 is 5.82. The molecule has 1 aliphatic rings. The summed E-state index contributed by atoms with van der Waals surface area (Å²) in [6.07, 6.45) is 3.56. The van der Waals surface area contributed by atoms with Gasteiger partial charge in [-0.25, -0.2) is 0 Å². The van der Waals surface area contributed by atoms with Crippen molar-refractivity contribution < 1.29 is 5.11 Å². The molecular formula is C15H22ClNO. The Bertz CT molecular complexity index is 365. The molecule has 0 spiro atoms. The zero-order valence-corrected chi connectivity index (χ0v) is 11.7. The lowest BCUT2D eigenvalue weighted by Gasteiger charge is -2.15. The predicted octanol–water partition coefficient (Wildman–Crippen LogP) is 3.40. The molecule has 18 heavy (non-hydrogen) atoms. The quantitative estimate of drug-likeness (QED) is 0.857. The van der Waals surface area contributed by atoms with Crippen molar-refractivity contribution in [2.45, 2.75) is 32.3 Å². The van der Waals surface area contributed by atoms with Crippen LogP contribution >= 0.6 is 11.6 Å². The van der Waals surface area contributed by atoms with Gasteiger partial charge in [-0.1, -0.05) is 37.1 Å². The SMILES string of the molecule is CC1CCC(CNCC(O)c2ccc(Cl)cc2)C1. The highest BCUT2D eigenvalue weighted by atomic mass is 35.5. The van der Waals surface area contributed by atoms with E-state index in [1.807, 2.05) is 24.3 Å². The van der Waals surface area contributed by atoms with Gasteiger partial charge < -0.3 is 10.4 Å². The molecule has 0 heterocycles. The Balaban J connectivity index is 1.71. The van der Waals surface area contributed by atoms with Crippen LogP contribution in [0.4, 0.5) is 0 Å². The largest absolute Gasteiger partial charge is 0.387 e. The smallest absolute Gasteiger partial charge is 0.0914 e. The molecule has 0 saturated heterocycles. The normalized spacial score (nSPS) is 25.3. The van der Waals surface area contributed by atoms with Crippen LogP contribution in [0, 0.1) is 11.8 Å². The third-order valence-electron chi connectivity index (χ3n) is 3.83. The molecule has 1 saturated carbocycles. The summed E-state index contributed by atoms with van der Waals surface area (Å²) in [6, 6.07) is 7.40. The topological polar surface area (TPSA) is 32.3 Å². The van der Waals surface area contributed by atoms with Gasteiger partial charge in [0.05, 0.1) is 6.10 Å². The van der Waals surface area contributed by atoms with Crippen molar-refractivity contribution in [2.75, 3.05) is 13.1 Å². The molecule has 2 rings (SSSR count). The van der Waals surface area contributed by atoms with Crippen molar-refractivity contribution in [1.82, 2.24) is 5.32 Å². The van der Waals surface area contributed by atoms with Gasteiger partial charge in [-0.2, -0.15) is 0 Å². The zero-order chi connectivity index (χ0) is 13.0. The van der Waals surface area contributed by atoms with Crippen LogP contribution in [0.1, 0.15) is 37.9 Å². The molecule has 1 aromatic rings. The highest BCUT2D eigenvalue weighted by molar-refractivity contribution is 6.30.